The zero-order valence-electron chi connectivity index (χ0n) is 16.9. The van der Waals surface area contributed by atoms with Crippen LogP contribution in [0.1, 0.15) is 23.4 Å². The second kappa shape index (κ2) is 8.86. The largest absolute Gasteiger partial charge is 0.401 e. The van der Waals surface area contributed by atoms with Crippen LogP contribution in [0.25, 0.3) is 5.69 Å². The van der Waals surface area contributed by atoms with Crippen LogP contribution in [0, 0.1) is 13.8 Å². The van der Waals surface area contributed by atoms with E-state index in [0.717, 1.165) is 22.6 Å². The number of hydrogen-bond donors (Lipinski definition) is 2. The Morgan fingerprint density at radius 1 is 1.24 bits per heavy atom. The lowest BCUT2D eigenvalue weighted by atomic mass is 10.2. The topological polar surface area (TPSA) is 57.5 Å². The zero-order valence-corrected chi connectivity index (χ0v) is 16.9. The molecule has 0 aliphatic carbocycles. The molecule has 0 spiro atoms. The first kappa shape index (κ1) is 21.2. The molecule has 1 saturated heterocycles. The summed E-state index contributed by atoms with van der Waals surface area (Å²) < 4.78 is 39.6. The van der Waals surface area contributed by atoms with Gasteiger partial charge in [-0.25, -0.2) is 4.68 Å². The SMILES string of the molecule is CN=C(NCc1c(C)nn(-c2ccccc2)c1C)NC1CCN(CC(F)(F)F)C1. The van der Waals surface area contributed by atoms with Crippen molar-refractivity contribution in [3.05, 3.63) is 47.3 Å². The molecule has 1 aromatic heterocycles. The first-order valence-electron chi connectivity index (χ1n) is 9.63. The summed E-state index contributed by atoms with van der Waals surface area (Å²) in [4.78, 5) is 5.64. The van der Waals surface area contributed by atoms with Crippen molar-refractivity contribution in [3.8, 4) is 5.69 Å². The minimum Gasteiger partial charge on any atom is -0.352 e. The highest BCUT2D eigenvalue weighted by Crippen LogP contribution is 2.20. The summed E-state index contributed by atoms with van der Waals surface area (Å²) in [5, 5.41) is 11.1. The molecule has 3 rings (SSSR count). The number of nitrogens with zero attached hydrogens (tertiary/aromatic N) is 4. The van der Waals surface area contributed by atoms with E-state index >= 15 is 0 Å². The number of guanidine groups is 1. The van der Waals surface area contributed by atoms with E-state index in [0.29, 0.717) is 32.0 Å². The molecule has 2 aromatic rings. The average Bonchev–Trinajstić information content (AvgIpc) is 3.22. The molecule has 1 aliphatic rings. The number of nitrogens with one attached hydrogen (secondary N) is 2. The van der Waals surface area contributed by atoms with Crippen LogP contribution in [0.4, 0.5) is 13.2 Å². The second-order valence-corrected chi connectivity index (χ2v) is 7.30. The van der Waals surface area contributed by atoms with Gasteiger partial charge in [0.1, 0.15) is 0 Å². The average molecular weight is 408 g/mol. The van der Waals surface area contributed by atoms with Crippen LogP contribution in [-0.2, 0) is 6.54 Å². The molecule has 1 unspecified atom stereocenters. The van der Waals surface area contributed by atoms with Crippen molar-refractivity contribution >= 4 is 5.96 Å². The van der Waals surface area contributed by atoms with Crippen molar-refractivity contribution in [1.29, 1.82) is 0 Å². The number of aliphatic imine (C=N–C) groups is 1. The maximum atomic E-state index is 12.6. The molecule has 1 atom stereocenters. The third-order valence-electron chi connectivity index (χ3n) is 5.11. The molecular weight excluding hydrogens is 381 g/mol. The number of likely N-dealkylation sites (tertiary alicyclic amines) is 1. The van der Waals surface area contributed by atoms with E-state index < -0.39 is 12.7 Å². The number of para-hydroxylation sites is 1. The number of benzene rings is 1. The first-order chi connectivity index (χ1) is 13.8. The Kier molecular flexibility index (Phi) is 6.46. The predicted molar refractivity (Wildman–Crippen MR) is 107 cm³/mol. The fourth-order valence-electron chi connectivity index (χ4n) is 3.66. The standard InChI is InChI=1S/C20H27F3N6/c1-14-18(15(2)29(27-14)17-7-5-4-6-8-17)11-25-19(24-3)26-16-9-10-28(12-16)13-20(21,22)23/h4-8,16H,9-13H2,1-3H3,(H2,24,25,26). The van der Waals surface area contributed by atoms with E-state index in [1.807, 2.05) is 48.9 Å². The number of hydrogen-bond acceptors (Lipinski definition) is 3. The van der Waals surface area contributed by atoms with Crippen molar-refractivity contribution in [2.75, 3.05) is 26.7 Å². The summed E-state index contributed by atoms with van der Waals surface area (Å²) in [6.07, 6.45) is -3.51. The fourth-order valence-corrected chi connectivity index (χ4v) is 3.66. The van der Waals surface area contributed by atoms with Gasteiger partial charge in [0.15, 0.2) is 5.96 Å². The molecule has 29 heavy (non-hydrogen) atoms. The van der Waals surface area contributed by atoms with Crippen LogP contribution < -0.4 is 10.6 Å². The van der Waals surface area contributed by atoms with Gasteiger partial charge < -0.3 is 10.6 Å². The number of halogens is 3. The van der Waals surface area contributed by atoms with Gasteiger partial charge in [-0.15, -0.1) is 0 Å². The summed E-state index contributed by atoms with van der Waals surface area (Å²) in [6, 6.07) is 9.86. The molecule has 0 bridgehead atoms. The normalized spacial score (nSPS) is 18.3. The molecule has 0 radical (unpaired) electrons. The lowest BCUT2D eigenvalue weighted by Gasteiger charge is -2.20. The van der Waals surface area contributed by atoms with E-state index in [4.69, 9.17) is 0 Å². The Morgan fingerprint density at radius 3 is 2.62 bits per heavy atom. The quantitative estimate of drug-likeness (QED) is 0.590. The molecule has 1 aliphatic heterocycles. The van der Waals surface area contributed by atoms with Gasteiger partial charge in [-0.05, 0) is 32.4 Å². The summed E-state index contributed by atoms with van der Waals surface area (Å²) in [5.74, 6) is 0.579. The number of aromatic nitrogens is 2. The summed E-state index contributed by atoms with van der Waals surface area (Å²) in [6.45, 7) is 4.43. The number of aryl methyl sites for hydroxylation is 1. The molecule has 158 valence electrons. The van der Waals surface area contributed by atoms with Crippen molar-refractivity contribution in [2.45, 2.75) is 39.0 Å². The molecule has 9 heteroatoms. The highest BCUT2D eigenvalue weighted by atomic mass is 19.4. The highest BCUT2D eigenvalue weighted by Gasteiger charge is 2.34. The lowest BCUT2D eigenvalue weighted by molar-refractivity contribution is -0.143. The number of rotatable bonds is 5. The van der Waals surface area contributed by atoms with E-state index in [9.17, 15) is 13.2 Å². The summed E-state index contributed by atoms with van der Waals surface area (Å²) >= 11 is 0. The van der Waals surface area contributed by atoms with Gasteiger partial charge in [-0.2, -0.15) is 18.3 Å². The van der Waals surface area contributed by atoms with Gasteiger partial charge in [-0.3, -0.25) is 9.89 Å². The Morgan fingerprint density at radius 2 is 1.97 bits per heavy atom. The van der Waals surface area contributed by atoms with Gasteiger partial charge in [-0.1, -0.05) is 18.2 Å². The van der Waals surface area contributed by atoms with Gasteiger partial charge in [0.2, 0.25) is 0 Å². The molecule has 2 heterocycles. The summed E-state index contributed by atoms with van der Waals surface area (Å²) in [7, 11) is 1.66. The Labute approximate surface area is 168 Å². The van der Waals surface area contributed by atoms with Crippen LogP contribution in [-0.4, -0.2) is 59.5 Å². The van der Waals surface area contributed by atoms with E-state index in [-0.39, 0.29) is 6.04 Å². The fraction of sp³-hybridized carbons (Fsp3) is 0.500. The van der Waals surface area contributed by atoms with E-state index in [2.05, 4.69) is 20.7 Å². The molecule has 0 amide bonds. The molecule has 0 saturated carbocycles. The molecule has 6 nitrogen and oxygen atoms in total. The molecular formula is C20H27F3N6. The molecule has 1 aromatic carbocycles. The monoisotopic (exact) mass is 408 g/mol. The Balaban J connectivity index is 1.59. The van der Waals surface area contributed by atoms with Crippen molar-refractivity contribution in [2.24, 2.45) is 4.99 Å². The van der Waals surface area contributed by atoms with Crippen LogP contribution in [0.15, 0.2) is 35.3 Å². The third-order valence-corrected chi connectivity index (χ3v) is 5.11. The Bertz CT molecular complexity index is 844. The van der Waals surface area contributed by atoms with Crippen LogP contribution in [0.5, 0.6) is 0 Å². The van der Waals surface area contributed by atoms with Gasteiger partial charge >= 0.3 is 6.18 Å². The maximum absolute atomic E-state index is 12.6. The number of alkyl halides is 3. The van der Waals surface area contributed by atoms with E-state index in [1.54, 1.807) is 7.05 Å². The second-order valence-electron chi connectivity index (χ2n) is 7.30. The van der Waals surface area contributed by atoms with Crippen molar-refractivity contribution in [1.82, 2.24) is 25.3 Å². The molecule has 2 N–H and O–H groups in total. The van der Waals surface area contributed by atoms with Crippen molar-refractivity contribution < 1.29 is 13.2 Å². The Hall–Kier alpha value is -2.55. The first-order valence-corrected chi connectivity index (χ1v) is 9.63. The van der Waals surface area contributed by atoms with Crippen LogP contribution >= 0.6 is 0 Å². The van der Waals surface area contributed by atoms with Gasteiger partial charge in [0.05, 0.1) is 17.9 Å². The van der Waals surface area contributed by atoms with Crippen molar-refractivity contribution in [3.63, 3.8) is 0 Å². The maximum Gasteiger partial charge on any atom is 0.401 e. The zero-order chi connectivity index (χ0) is 21.0. The van der Waals surface area contributed by atoms with Crippen LogP contribution in [0.2, 0.25) is 0 Å². The van der Waals surface area contributed by atoms with Gasteiger partial charge in [0.25, 0.3) is 0 Å². The highest BCUT2D eigenvalue weighted by molar-refractivity contribution is 5.80. The predicted octanol–water partition coefficient (Wildman–Crippen LogP) is 2.79. The van der Waals surface area contributed by atoms with Gasteiger partial charge in [0, 0.05) is 44.0 Å². The van der Waals surface area contributed by atoms with E-state index in [1.165, 1.54) is 4.90 Å². The third kappa shape index (κ3) is 5.50. The molecule has 1 fully saturated rings. The lowest BCUT2D eigenvalue weighted by Crippen LogP contribution is -2.45. The van der Waals surface area contributed by atoms with Crippen LogP contribution in [0.3, 0.4) is 0 Å². The minimum atomic E-state index is -4.16. The minimum absolute atomic E-state index is 0.0576. The smallest absolute Gasteiger partial charge is 0.352 e. The summed E-state index contributed by atoms with van der Waals surface area (Å²) in [5.41, 5.74) is 4.03.